The maximum atomic E-state index is 5.68. The molecular formula is C9H16N4. The minimum atomic E-state index is 0.411. The second kappa shape index (κ2) is 3.47. The molecule has 1 aliphatic heterocycles. The van der Waals surface area contributed by atoms with Gasteiger partial charge in [-0.2, -0.15) is 5.10 Å². The molecule has 0 aliphatic carbocycles. The van der Waals surface area contributed by atoms with E-state index in [-0.39, 0.29) is 0 Å². The number of hydrogen-bond donors (Lipinski definition) is 1. The second-order valence-electron chi connectivity index (χ2n) is 3.79. The van der Waals surface area contributed by atoms with Crippen LogP contribution in [-0.4, -0.2) is 40.4 Å². The molecule has 2 heterocycles. The van der Waals surface area contributed by atoms with Crippen LogP contribution in [0.1, 0.15) is 5.56 Å². The van der Waals surface area contributed by atoms with Crippen LogP contribution < -0.4 is 5.73 Å². The van der Waals surface area contributed by atoms with Crippen molar-refractivity contribution < 1.29 is 0 Å². The molecule has 1 saturated heterocycles. The van der Waals surface area contributed by atoms with Gasteiger partial charge in [-0.15, -0.1) is 0 Å². The largest absolute Gasteiger partial charge is 0.325 e. The zero-order valence-electron chi connectivity index (χ0n) is 7.98. The maximum Gasteiger partial charge on any atom is 0.0522 e. The van der Waals surface area contributed by atoms with Gasteiger partial charge in [0, 0.05) is 38.9 Å². The van der Waals surface area contributed by atoms with Crippen molar-refractivity contribution in [2.45, 2.75) is 12.5 Å². The van der Waals surface area contributed by atoms with E-state index in [1.165, 1.54) is 5.56 Å². The first kappa shape index (κ1) is 8.72. The Bertz CT molecular complexity index is 275. The van der Waals surface area contributed by atoms with Gasteiger partial charge in [0.05, 0.1) is 6.20 Å². The van der Waals surface area contributed by atoms with E-state index in [9.17, 15) is 0 Å². The average Bonchev–Trinajstić information content (AvgIpc) is 2.43. The van der Waals surface area contributed by atoms with Crippen LogP contribution in [0.2, 0.25) is 0 Å². The van der Waals surface area contributed by atoms with Crippen molar-refractivity contribution in [1.82, 2.24) is 14.7 Å². The molecule has 0 atom stereocenters. The summed E-state index contributed by atoms with van der Waals surface area (Å²) in [5.41, 5.74) is 6.99. The van der Waals surface area contributed by atoms with E-state index >= 15 is 0 Å². The van der Waals surface area contributed by atoms with Crippen LogP contribution in [0.3, 0.4) is 0 Å². The molecule has 13 heavy (non-hydrogen) atoms. The zero-order valence-corrected chi connectivity index (χ0v) is 7.98. The standard InChI is InChI=1S/C9H16N4/c1-12-5-8(4-11-12)2-3-13-6-9(10)7-13/h4-5,9H,2-3,6-7,10H2,1H3. The molecule has 0 aromatic carbocycles. The van der Waals surface area contributed by atoms with Crippen molar-refractivity contribution in [3.8, 4) is 0 Å². The molecule has 0 spiro atoms. The molecule has 4 heteroatoms. The van der Waals surface area contributed by atoms with Gasteiger partial charge in [-0.25, -0.2) is 0 Å². The third kappa shape index (κ3) is 2.08. The first-order chi connectivity index (χ1) is 6.24. The Morgan fingerprint density at radius 3 is 2.92 bits per heavy atom. The summed E-state index contributed by atoms with van der Waals surface area (Å²) in [6.45, 7) is 3.22. The topological polar surface area (TPSA) is 47.1 Å². The summed E-state index contributed by atoms with van der Waals surface area (Å²) in [4.78, 5) is 2.37. The van der Waals surface area contributed by atoms with Crippen LogP contribution >= 0.6 is 0 Å². The predicted octanol–water partition coefficient (Wildman–Crippen LogP) is -0.394. The lowest BCUT2D eigenvalue weighted by molar-refractivity contribution is 0.153. The van der Waals surface area contributed by atoms with Gasteiger partial charge in [0.25, 0.3) is 0 Å². The van der Waals surface area contributed by atoms with Crippen LogP contribution in [0.25, 0.3) is 0 Å². The molecule has 0 radical (unpaired) electrons. The quantitative estimate of drug-likeness (QED) is 0.689. The SMILES string of the molecule is Cn1cc(CCN2CC(N)C2)cn1. The molecule has 4 nitrogen and oxygen atoms in total. The Morgan fingerprint density at radius 2 is 2.38 bits per heavy atom. The van der Waals surface area contributed by atoms with Crippen molar-refractivity contribution in [2.75, 3.05) is 19.6 Å². The van der Waals surface area contributed by atoms with Crippen LogP contribution in [0.4, 0.5) is 0 Å². The van der Waals surface area contributed by atoms with Gasteiger partial charge in [0.2, 0.25) is 0 Å². The molecule has 0 amide bonds. The Balaban J connectivity index is 1.74. The highest BCUT2D eigenvalue weighted by Crippen LogP contribution is 2.07. The van der Waals surface area contributed by atoms with Crippen molar-refractivity contribution in [2.24, 2.45) is 12.8 Å². The number of aryl methyl sites for hydroxylation is 1. The minimum absolute atomic E-state index is 0.411. The number of hydrogen-bond acceptors (Lipinski definition) is 3. The molecule has 2 rings (SSSR count). The number of nitrogens with zero attached hydrogens (tertiary/aromatic N) is 3. The number of likely N-dealkylation sites (tertiary alicyclic amines) is 1. The highest BCUT2D eigenvalue weighted by molar-refractivity contribution is 5.04. The fraction of sp³-hybridized carbons (Fsp3) is 0.667. The molecule has 0 saturated carbocycles. The van der Waals surface area contributed by atoms with Crippen LogP contribution in [0.15, 0.2) is 12.4 Å². The van der Waals surface area contributed by atoms with Crippen LogP contribution in [-0.2, 0) is 13.5 Å². The van der Waals surface area contributed by atoms with Gasteiger partial charge in [0.1, 0.15) is 0 Å². The summed E-state index contributed by atoms with van der Waals surface area (Å²) in [6.07, 6.45) is 5.08. The van der Waals surface area contributed by atoms with E-state index in [1.54, 1.807) is 0 Å². The van der Waals surface area contributed by atoms with E-state index in [0.717, 1.165) is 26.1 Å². The van der Waals surface area contributed by atoms with E-state index in [2.05, 4.69) is 16.2 Å². The normalized spacial score (nSPS) is 18.9. The summed E-state index contributed by atoms with van der Waals surface area (Å²) in [6, 6.07) is 0.411. The van der Waals surface area contributed by atoms with Gasteiger partial charge in [-0.3, -0.25) is 9.58 Å². The van der Waals surface area contributed by atoms with Gasteiger partial charge < -0.3 is 5.73 Å². The lowest BCUT2D eigenvalue weighted by atomic mass is 10.1. The molecule has 1 fully saturated rings. The van der Waals surface area contributed by atoms with E-state index in [1.807, 2.05) is 17.9 Å². The highest BCUT2D eigenvalue weighted by atomic mass is 15.2. The second-order valence-corrected chi connectivity index (χ2v) is 3.79. The number of nitrogens with two attached hydrogens (primary N) is 1. The average molecular weight is 180 g/mol. The van der Waals surface area contributed by atoms with Gasteiger partial charge >= 0.3 is 0 Å². The number of rotatable bonds is 3. The van der Waals surface area contributed by atoms with Gasteiger partial charge in [-0.1, -0.05) is 0 Å². The summed E-state index contributed by atoms with van der Waals surface area (Å²) in [5.74, 6) is 0. The van der Waals surface area contributed by atoms with Crippen molar-refractivity contribution >= 4 is 0 Å². The maximum absolute atomic E-state index is 5.68. The molecule has 2 N–H and O–H groups in total. The summed E-state index contributed by atoms with van der Waals surface area (Å²) in [5, 5.41) is 4.13. The smallest absolute Gasteiger partial charge is 0.0522 e. The third-order valence-electron chi connectivity index (χ3n) is 2.46. The van der Waals surface area contributed by atoms with Crippen molar-refractivity contribution in [3.63, 3.8) is 0 Å². The molecule has 72 valence electrons. The Hall–Kier alpha value is -0.870. The van der Waals surface area contributed by atoms with E-state index < -0.39 is 0 Å². The lowest BCUT2D eigenvalue weighted by Gasteiger charge is -2.36. The minimum Gasteiger partial charge on any atom is -0.325 e. The Labute approximate surface area is 78.3 Å². The van der Waals surface area contributed by atoms with Crippen molar-refractivity contribution in [1.29, 1.82) is 0 Å². The predicted molar refractivity (Wildman–Crippen MR) is 51.3 cm³/mol. The molecule has 0 bridgehead atoms. The van der Waals surface area contributed by atoms with Crippen LogP contribution in [0.5, 0.6) is 0 Å². The zero-order chi connectivity index (χ0) is 9.26. The Morgan fingerprint density at radius 1 is 1.62 bits per heavy atom. The summed E-state index contributed by atoms with van der Waals surface area (Å²) in [7, 11) is 1.95. The van der Waals surface area contributed by atoms with E-state index in [0.29, 0.717) is 6.04 Å². The van der Waals surface area contributed by atoms with E-state index in [4.69, 9.17) is 5.73 Å². The lowest BCUT2D eigenvalue weighted by Crippen LogP contribution is -2.55. The summed E-state index contributed by atoms with van der Waals surface area (Å²) < 4.78 is 1.84. The van der Waals surface area contributed by atoms with Gasteiger partial charge in [0.15, 0.2) is 0 Å². The van der Waals surface area contributed by atoms with Crippen molar-refractivity contribution in [3.05, 3.63) is 18.0 Å². The monoisotopic (exact) mass is 180 g/mol. The molecular weight excluding hydrogens is 164 g/mol. The van der Waals surface area contributed by atoms with Gasteiger partial charge in [-0.05, 0) is 12.0 Å². The molecule has 1 aliphatic rings. The van der Waals surface area contributed by atoms with Crippen LogP contribution in [0, 0.1) is 0 Å². The first-order valence-electron chi connectivity index (χ1n) is 4.69. The Kier molecular flexibility index (Phi) is 2.33. The fourth-order valence-corrected chi connectivity index (χ4v) is 1.68. The molecule has 0 unspecified atom stereocenters. The highest BCUT2D eigenvalue weighted by Gasteiger charge is 2.21. The molecule has 1 aromatic rings. The summed E-state index contributed by atoms with van der Waals surface area (Å²) >= 11 is 0. The first-order valence-corrected chi connectivity index (χ1v) is 4.69. The molecule has 1 aromatic heterocycles. The fourth-order valence-electron chi connectivity index (χ4n) is 1.68. The third-order valence-corrected chi connectivity index (χ3v) is 2.46. The number of aromatic nitrogens is 2.